The second-order valence-electron chi connectivity index (χ2n) is 6.72. The summed E-state index contributed by atoms with van der Waals surface area (Å²) < 4.78 is 49.6. The standard InChI is InChI=1S/C22H21F3N2O3S/c1-14-26-19(13-31-14)16-5-3-15(4-6-16)11-21(28)27-18-12-17(22(23,24)25)7-8-20(18)30-10-9-29-2/h3-8,12-13H,9-11H2,1-2H3,(H,27,28). The van der Waals surface area contributed by atoms with Crippen LogP contribution >= 0.6 is 11.3 Å². The average Bonchev–Trinajstić information content (AvgIpc) is 3.15. The Kier molecular flexibility index (Phi) is 7.29. The number of thiazole rings is 1. The van der Waals surface area contributed by atoms with E-state index in [0.29, 0.717) is 0 Å². The molecule has 2 aromatic carbocycles. The van der Waals surface area contributed by atoms with Gasteiger partial charge in [-0.15, -0.1) is 11.3 Å². The smallest absolute Gasteiger partial charge is 0.416 e. The number of carbonyl (C=O) groups excluding carboxylic acids is 1. The van der Waals surface area contributed by atoms with Crippen molar-refractivity contribution in [1.82, 2.24) is 4.98 Å². The van der Waals surface area contributed by atoms with E-state index in [1.165, 1.54) is 13.2 Å². The lowest BCUT2D eigenvalue weighted by Crippen LogP contribution is -2.17. The van der Waals surface area contributed by atoms with Crippen molar-refractivity contribution in [2.45, 2.75) is 19.5 Å². The number of nitrogens with one attached hydrogen (secondary N) is 1. The molecule has 3 aromatic rings. The highest BCUT2D eigenvalue weighted by Gasteiger charge is 2.31. The van der Waals surface area contributed by atoms with Gasteiger partial charge in [-0.2, -0.15) is 13.2 Å². The number of carbonyl (C=O) groups is 1. The van der Waals surface area contributed by atoms with Crippen LogP contribution in [0.3, 0.4) is 0 Å². The van der Waals surface area contributed by atoms with Gasteiger partial charge < -0.3 is 14.8 Å². The van der Waals surface area contributed by atoms with Crippen LogP contribution in [0.1, 0.15) is 16.1 Å². The van der Waals surface area contributed by atoms with E-state index in [2.05, 4.69) is 10.3 Å². The van der Waals surface area contributed by atoms with Crippen molar-refractivity contribution in [1.29, 1.82) is 0 Å². The molecule has 31 heavy (non-hydrogen) atoms. The van der Waals surface area contributed by atoms with Gasteiger partial charge in [-0.3, -0.25) is 4.79 Å². The van der Waals surface area contributed by atoms with Gasteiger partial charge in [0.1, 0.15) is 12.4 Å². The molecule has 0 spiro atoms. The molecule has 3 rings (SSSR count). The molecule has 0 radical (unpaired) electrons. The maximum Gasteiger partial charge on any atom is 0.416 e. The van der Waals surface area contributed by atoms with Crippen LogP contribution in [0.5, 0.6) is 5.75 Å². The van der Waals surface area contributed by atoms with Gasteiger partial charge in [-0.1, -0.05) is 24.3 Å². The normalized spacial score (nSPS) is 11.4. The lowest BCUT2D eigenvalue weighted by molar-refractivity contribution is -0.137. The summed E-state index contributed by atoms with van der Waals surface area (Å²) in [6.07, 6.45) is -4.53. The molecule has 0 aliphatic carbocycles. The van der Waals surface area contributed by atoms with Crippen molar-refractivity contribution in [3.05, 3.63) is 64.0 Å². The number of amides is 1. The van der Waals surface area contributed by atoms with Crippen LogP contribution < -0.4 is 10.1 Å². The van der Waals surface area contributed by atoms with Gasteiger partial charge in [0.15, 0.2) is 0 Å². The molecular weight excluding hydrogens is 429 g/mol. The van der Waals surface area contributed by atoms with Gasteiger partial charge >= 0.3 is 6.18 Å². The zero-order valence-corrected chi connectivity index (χ0v) is 17.8. The molecular formula is C22H21F3N2O3S. The van der Waals surface area contributed by atoms with E-state index >= 15 is 0 Å². The first-order valence-corrected chi connectivity index (χ1v) is 10.3. The quantitative estimate of drug-likeness (QED) is 0.471. The van der Waals surface area contributed by atoms with Crippen molar-refractivity contribution in [3.63, 3.8) is 0 Å². The highest BCUT2D eigenvalue weighted by atomic mass is 32.1. The number of halogens is 3. The molecule has 1 amide bonds. The largest absolute Gasteiger partial charge is 0.489 e. The summed E-state index contributed by atoms with van der Waals surface area (Å²) >= 11 is 1.55. The SMILES string of the molecule is COCCOc1ccc(C(F)(F)F)cc1NC(=O)Cc1ccc(-c2csc(C)n2)cc1. The lowest BCUT2D eigenvalue weighted by Gasteiger charge is -2.15. The summed E-state index contributed by atoms with van der Waals surface area (Å²) in [5.41, 5.74) is 1.61. The molecule has 0 atom stereocenters. The summed E-state index contributed by atoms with van der Waals surface area (Å²) in [6.45, 7) is 2.33. The van der Waals surface area contributed by atoms with Crippen LogP contribution in [0.25, 0.3) is 11.3 Å². The number of aryl methyl sites for hydroxylation is 1. The number of methoxy groups -OCH3 is 1. The Bertz CT molecular complexity index is 1030. The summed E-state index contributed by atoms with van der Waals surface area (Å²) in [5.74, 6) is -0.305. The maximum absolute atomic E-state index is 13.1. The highest BCUT2D eigenvalue weighted by molar-refractivity contribution is 7.09. The number of aromatic nitrogens is 1. The van der Waals surface area contributed by atoms with Crippen LogP contribution in [0.2, 0.25) is 0 Å². The number of hydrogen-bond acceptors (Lipinski definition) is 5. The first-order chi connectivity index (χ1) is 14.8. The number of alkyl halides is 3. The molecule has 1 aromatic heterocycles. The average molecular weight is 450 g/mol. The third kappa shape index (κ3) is 6.28. The van der Waals surface area contributed by atoms with E-state index in [4.69, 9.17) is 9.47 Å². The van der Waals surface area contributed by atoms with Crippen molar-refractivity contribution in [2.24, 2.45) is 0 Å². The number of rotatable bonds is 8. The molecule has 0 unspecified atom stereocenters. The molecule has 0 bridgehead atoms. The van der Waals surface area contributed by atoms with Gasteiger partial charge in [0.25, 0.3) is 0 Å². The van der Waals surface area contributed by atoms with Gasteiger partial charge in [0.2, 0.25) is 5.91 Å². The third-order valence-electron chi connectivity index (χ3n) is 4.36. The van der Waals surface area contributed by atoms with Crippen LogP contribution in [0.15, 0.2) is 47.8 Å². The number of nitrogens with zero attached hydrogens (tertiary/aromatic N) is 1. The summed E-state index contributed by atoms with van der Waals surface area (Å²) in [5, 5.41) is 5.45. The molecule has 0 aliphatic heterocycles. The first-order valence-electron chi connectivity index (χ1n) is 9.40. The summed E-state index contributed by atoms with van der Waals surface area (Å²) in [7, 11) is 1.49. The highest BCUT2D eigenvalue weighted by Crippen LogP contribution is 2.35. The van der Waals surface area contributed by atoms with Crippen LogP contribution in [-0.4, -0.2) is 31.2 Å². The monoisotopic (exact) mass is 450 g/mol. The molecule has 0 aliphatic rings. The molecule has 0 fully saturated rings. The van der Waals surface area contributed by atoms with E-state index in [1.54, 1.807) is 23.5 Å². The molecule has 0 saturated heterocycles. The maximum atomic E-state index is 13.1. The minimum absolute atomic E-state index is 0.00410. The van der Waals surface area contributed by atoms with Gasteiger partial charge in [0, 0.05) is 18.1 Å². The molecule has 5 nitrogen and oxygen atoms in total. The summed E-state index contributed by atoms with van der Waals surface area (Å²) in [4.78, 5) is 16.9. The van der Waals surface area contributed by atoms with E-state index in [-0.39, 0.29) is 31.1 Å². The van der Waals surface area contributed by atoms with Gasteiger partial charge in [-0.25, -0.2) is 4.98 Å². The predicted octanol–water partition coefficient (Wildman–Crippen LogP) is 5.34. The van der Waals surface area contributed by atoms with Gasteiger partial charge in [-0.05, 0) is 30.7 Å². The minimum atomic E-state index is -4.53. The Hall–Kier alpha value is -2.91. The Morgan fingerprint density at radius 1 is 1.13 bits per heavy atom. The molecule has 9 heteroatoms. The Morgan fingerprint density at radius 3 is 2.48 bits per heavy atom. The fourth-order valence-electron chi connectivity index (χ4n) is 2.83. The first kappa shape index (κ1) is 22.8. The minimum Gasteiger partial charge on any atom is -0.489 e. The fourth-order valence-corrected chi connectivity index (χ4v) is 3.46. The number of ether oxygens (including phenoxy) is 2. The predicted molar refractivity (Wildman–Crippen MR) is 113 cm³/mol. The second-order valence-corrected chi connectivity index (χ2v) is 7.79. The van der Waals surface area contributed by atoms with E-state index in [0.717, 1.165) is 34.0 Å². The van der Waals surface area contributed by atoms with Crippen LogP contribution in [0.4, 0.5) is 18.9 Å². The van der Waals surface area contributed by atoms with Crippen molar-refractivity contribution < 1.29 is 27.4 Å². The number of anilines is 1. The number of hydrogen-bond donors (Lipinski definition) is 1. The summed E-state index contributed by atoms with van der Waals surface area (Å²) in [6, 6.07) is 10.3. The van der Waals surface area contributed by atoms with Crippen molar-refractivity contribution in [2.75, 3.05) is 25.6 Å². The lowest BCUT2D eigenvalue weighted by atomic mass is 10.1. The topological polar surface area (TPSA) is 60.5 Å². The zero-order valence-electron chi connectivity index (χ0n) is 17.0. The van der Waals surface area contributed by atoms with Gasteiger partial charge in [0.05, 0.1) is 35.0 Å². The van der Waals surface area contributed by atoms with Crippen LogP contribution in [-0.2, 0) is 22.1 Å². The second kappa shape index (κ2) is 9.93. The Labute approximate surface area is 181 Å². The fraction of sp³-hybridized carbons (Fsp3) is 0.273. The zero-order chi connectivity index (χ0) is 22.4. The molecule has 1 heterocycles. The molecule has 0 saturated carbocycles. The van der Waals surface area contributed by atoms with Crippen molar-refractivity contribution >= 4 is 22.9 Å². The molecule has 164 valence electrons. The Morgan fingerprint density at radius 2 is 1.87 bits per heavy atom. The molecule has 1 N–H and O–H groups in total. The van der Waals surface area contributed by atoms with E-state index in [1.807, 2.05) is 24.4 Å². The number of benzene rings is 2. The van der Waals surface area contributed by atoms with Crippen molar-refractivity contribution in [3.8, 4) is 17.0 Å². The van der Waals surface area contributed by atoms with Crippen LogP contribution in [0, 0.1) is 6.92 Å². The Balaban J connectivity index is 1.72. The van der Waals surface area contributed by atoms with E-state index in [9.17, 15) is 18.0 Å². The van der Waals surface area contributed by atoms with E-state index < -0.39 is 17.6 Å². The third-order valence-corrected chi connectivity index (χ3v) is 5.13.